The summed E-state index contributed by atoms with van der Waals surface area (Å²) in [6, 6.07) is 23.6. The number of aromatic nitrogens is 2. The van der Waals surface area contributed by atoms with Crippen LogP contribution in [0.5, 0.6) is 0 Å². The van der Waals surface area contributed by atoms with E-state index in [1.807, 2.05) is 79.1 Å². The summed E-state index contributed by atoms with van der Waals surface area (Å²) < 4.78 is 0. The third kappa shape index (κ3) is 4.20. The van der Waals surface area contributed by atoms with Crippen molar-refractivity contribution in [3.05, 3.63) is 109 Å². The molecule has 0 saturated heterocycles. The molecule has 5 heteroatoms. The molecule has 0 atom stereocenters. The van der Waals surface area contributed by atoms with Crippen molar-refractivity contribution in [2.75, 3.05) is 11.4 Å². The highest BCUT2D eigenvalue weighted by atomic mass is 16.1. The van der Waals surface area contributed by atoms with Crippen LogP contribution in [0.4, 0.5) is 11.4 Å². The molecule has 2 aromatic heterocycles. The van der Waals surface area contributed by atoms with Crippen LogP contribution >= 0.6 is 0 Å². The average Bonchev–Trinajstić information content (AvgIpc) is 2.81. The Labute approximate surface area is 175 Å². The van der Waals surface area contributed by atoms with Gasteiger partial charge >= 0.3 is 0 Å². The van der Waals surface area contributed by atoms with Gasteiger partial charge in [-0.05, 0) is 53.4 Å². The second-order valence-electron chi connectivity index (χ2n) is 6.89. The van der Waals surface area contributed by atoms with Crippen LogP contribution in [0.15, 0.2) is 97.6 Å². The van der Waals surface area contributed by atoms with E-state index in [-0.39, 0.29) is 0 Å². The number of benzene rings is 2. The summed E-state index contributed by atoms with van der Waals surface area (Å²) in [6.07, 6.45) is 7.78. The molecule has 0 fully saturated rings. The van der Waals surface area contributed by atoms with E-state index in [1.54, 1.807) is 18.5 Å². The predicted octanol–water partition coefficient (Wildman–Crippen LogP) is 4.62. The molecule has 0 aliphatic heterocycles. The maximum Gasteiger partial charge on any atom is 0.248 e. The van der Waals surface area contributed by atoms with Gasteiger partial charge in [-0.25, -0.2) is 0 Å². The maximum atomic E-state index is 12.2. The minimum Gasteiger partial charge on any atom is -0.366 e. The Bertz CT molecular complexity index is 1080. The number of nitrogens with zero attached hydrogens (tertiary/aromatic N) is 3. The van der Waals surface area contributed by atoms with Crippen molar-refractivity contribution in [1.82, 2.24) is 9.97 Å². The van der Waals surface area contributed by atoms with Gasteiger partial charge in [0, 0.05) is 24.5 Å². The van der Waals surface area contributed by atoms with Gasteiger partial charge in [-0.3, -0.25) is 14.8 Å². The van der Waals surface area contributed by atoms with E-state index in [4.69, 9.17) is 5.73 Å². The Kier molecular flexibility index (Phi) is 5.80. The highest BCUT2D eigenvalue weighted by molar-refractivity contribution is 5.96. The summed E-state index contributed by atoms with van der Waals surface area (Å²) >= 11 is 0. The first-order valence-electron chi connectivity index (χ1n) is 9.79. The third-order valence-electron chi connectivity index (χ3n) is 5.03. The number of nitrogens with two attached hydrogens (primary N) is 1. The second-order valence-corrected chi connectivity index (χ2v) is 6.89. The van der Waals surface area contributed by atoms with E-state index >= 15 is 0 Å². The van der Waals surface area contributed by atoms with Crippen molar-refractivity contribution < 1.29 is 4.79 Å². The first-order chi connectivity index (χ1) is 14.7. The highest BCUT2D eigenvalue weighted by Crippen LogP contribution is 2.29. The molecular weight excluding hydrogens is 372 g/mol. The summed E-state index contributed by atoms with van der Waals surface area (Å²) in [6.45, 7) is 0.640. The van der Waals surface area contributed by atoms with Gasteiger partial charge in [-0.2, -0.15) is 0 Å². The van der Waals surface area contributed by atoms with Crippen molar-refractivity contribution in [2.45, 2.75) is 6.42 Å². The molecule has 0 unspecified atom stereocenters. The molecule has 0 aliphatic rings. The molecule has 2 heterocycles. The van der Waals surface area contributed by atoms with Gasteiger partial charge < -0.3 is 10.6 Å². The molecule has 1 amide bonds. The number of rotatable bonds is 7. The van der Waals surface area contributed by atoms with Crippen molar-refractivity contribution >= 4 is 17.3 Å². The Morgan fingerprint density at radius 1 is 0.800 bits per heavy atom. The van der Waals surface area contributed by atoms with Crippen LogP contribution in [0.3, 0.4) is 0 Å². The minimum absolute atomic E-state index is 0.419. The molecule has 0 radical (unpaired) electrons. The summed E-state index contributed by atoms with van der Waals surface area (Å²) in [5.74, 6) is -0.419. The fraction of sp³-hybridized carbons (Fsp3) is 0.0800. The van der Waals surface area contributed by atoms with E-state index in [1.165, 1.54) is 0 Å². The number of carbonyl (C=O) groups excluding carboxylic acids is 1. The Morgan fingerprint density at radius 2 is 1.47 bits per heavy atom. The molecule has 4 aromatic rings. The molecule has 0 spiro atoms. The Morgan fingerprint density at radius 3 is 2.03 bits per heavy atom. The van der Waals surface area contributed by atoms with Crippen molar-refractivity contribution in [2.24, 2.45) is 5.73 Å². The number of amides is 1. The van der Waals surface area contributed by atoms with Crippen LogP contribution in [-0.2, 0) is 6.42 Å². The standard InChI is InChI=1S/C25H22N4O/c26-25(30)24-12-4-11-22(19-7-2-1-3-8-19)23(24)13-16-29(20-9-5-14-27-17-20)21-10-6-15-28-18-21/h1-12,14-15,17-18H,13,16H2,(H2,26,30). The number of anilines is 2. The van der Waals surface area contributed by atoms with Crippen molar-refractivity contribution in [1.29, 1.82) is 0 Å². The lowest BCUT2D eigenvalue weighted by atomic mass is 9.92. The molecular formula is C25H22N4O. The highest BCUT2D eigenvalue weighted by Gasteiger charge is 2.17. The Hall–Kier alpha value is -3.99. The zero-order chi connectivity index (χ0) is 20.8. The normalized spacial score (nSPS) is 10.5. The summed E-state index contributed by atoms with van der Waals surface area (Å²) in [4.78, 5) is 22.8. The lowest BCUT2D eigenvalue weighted by Gasteiger charge is -2.25. The number of hydrogen-bond acceptors (Lipinski definition) is 4. The molecule has 2 N–H and O–H groups in total. The Balaban J connectivity index is 1.73. The predicted molar refractivity (Wildman–Crippen MR) is 120 cm³/mol. The van der Waals surface area contributed by atoms with Gasteiger partial charge in [0.15, 0.2) is 0 Å². The van der Waals surface area contributed by atoms with Gasteiger partial charge in [0.1, 0.15) is 0 Å². The fourth-order valence-corrected chi connectivity index (χ4v) is 3.63. The second kappa shape index (κ2) is 9.01. The molecule has 0 aliphatic carbocycles. The molecule has 2 aromatic carbocycles. The van der Waals surface area contributed by atoms with Crippen LogP contribution in [0.2, 0.25) is 0 Å². The molecule has 0 saturated carbocycles. The van der Waals surface area contributed by atoms with E-state index in [2.05, 4.69) is 14.9 Å². The van der Waals surface area contributed by atoms with Gasteiger partial charge in [-0.15, -0.1) is 0 Å². The average molecular weight is 394 g/mol. The number of pyridine rings is 2. The van der Waals surface area contributed by atoms with Crippen LogP contribution in [0, 0.1) is 0 Å². The SMILES string of the molecule is NC(=O)c1cccc(-c2ccccc2)c1CCN(c1cccnc1)c1cccnc1. The van der Waals surface area contributed by atoms with E-state index < -0.39 is 5.91 Å². The minimum atomic E-state index is -0.419. The summed E-state index contributed by atoms with van der Waals surface area (Å²) in [7, 11) is 0. The van der Waals surface area contributed by atoms with Crippen LogP contribution in [-0.4, -0.2) is 22.4 Å². The van der Waals surface area contributed by atoms with Gasteiger partial charge in [-0.1, -0.05) is 42.5 Å². The zero-order valence-corrected chi connectivity index (χ0v) is 16.5. The van der Waals surface area contributed by atoms with Gasteiger partial charge in [0.2, 0.25) is 5.91 Å². The van der Waals surface area contributed by atoms with Crippen molar-refractivity contribution in [3.8, 4) is 11.1 Å². The lowest BCUT2D eigenvalue weighted by Crippen LogP contribution is -2.22. The van der Waals surface area contributed by atoms with Gasteiger partial charge in [0.05, 0.1) is 23.8 Å². The van der Waals surface area contributed by atoms with E-state index in [9.17, 15) is 4.79 Å². The molecule has 148 valence electrons. The van der Waals surface area contributed by atoms with Crippen LogP contribution in [0.1, 0.15) is 15.9 Å². The van der Waals surface area contributed by atoms with E-state index in [0.717, 1.165) is 28.1 Å². The number of carbonyl (C=O) groups is 1. The molecule has 5 nitrogen and oxygen atoms in total. The molecule has 30 heavy (non-hydrogen) atoms. The quantitative estimate of drug-likeness (QED) is 0.496. The zero-order valence-electron chi connectivity index (χ0n) is 16.5. The van der Waals surface area contributed by atoms with E-state index in [0.29, 0.717) is 18.5 Å². The van der Waals surface area contributed by atoms with Crippen molar-refractivity contribution in [3.63, 3.8) is 0 Å². The topological polar surface area (TPSA) is 72.1 Å². The third-order valence-corrected chi connectivity index (χ3v) is 5.03. The number of primary amides is 1. The monoisotopic (exact) mass is 394 g/mol. The first kappa shape index (κ1) is 19.3. The number of hydrogen-bond donors (Lipinski definition) is 1. The van der Waals surface area contributed by atoms with Crippen LogP contribution < -0.4 is 10.6 Å². The van der Waals surface area contributed by atoms with Gasteiger partial charge in [0.25, 0.3) is 0 Å². The van der Waals surface area contributed by atoms with Crippen LogP contribution in [0.25, 0.3) is 11.1 Å². The smallest absolute Gasteiger partial charge is 0.248 e. The summed E-state index contributed by atoms with van der Waals surface area (Å²) in [5, 5.41) is 0. The fourth-order valence-electron chi connectivity index (χ4n) is 3.63. The maximum absolute atomic E-state index is 12.2. The summed E-state index contributed by atoms with van der Waals surface area (Å²) in [5.41, 5.74) is 11.2. The molecule has 0 bridgehead atoms. The largest absolute Gasteiger partial charge is 0.366 e. The molecule has 4 rings (SSSR count). The lowest BCUT2D eigenvalue weighted by molar-refractivity contribution is 0.0999. The first-order valence-corrected chi connectivity index (χ1v) is 9.79.